The smallest absolute Gasteiger partial charge is 0.341 e. The maximum atomic E-state index is 11.6. The van der Waals surface area contributed by atoms with Crippen molar-refractivity contribution >= 4 is 11.7 Å². The van der Waals surface area contributed by atoms with Crippen molar-refractivity contribution < 1.29 is 9.53 Å². The number of anilines is 1. The van der Waals surface area contributed by atoms with Crippen LogP contribution in [0.15, 0.2) is 30.5 Å². The van der Waals surface area contributed by atoms with Gasteiger partial charge in [-0.3, -0.25) is 0 Å². The zero-order chi connectivity index (χ0) is 13.1. The summed E-state index contributed by atoms with van der Waals surface area (Å²) in [7, 11) is 1.36. The SMILES string of the molecule is CCc1c(C(=O)OC)cnn1-c1ccc(N)cc1. The Hall–Kier alpha value is -2.30. The van der Waals surface area contributed by atoms with Crippen molar-refractivity contribution in [1.29, 1.82) is 0 Å². The highest BCUT2D eigenvalue weighted by Gasteiger charge is 2.17. The van der Waals surface area contributed by atoms with Crippen LogP contribution in [0.3, 0.4) is 0 Å². The van der Waals surface area contributed by atoms with E-state index in [1.807, 2.05) is 19.1 Å². The van der Waals surface area contributed by atoms with Gasteiger partial charge in [0.2, 0.25) is 0 Å². The molecule has 0 saturated carbocycles. The molecule has 94 valence electrons. The zero-order valence-corrected chi connectivity index (χ0v) is 10.4. The minimum absolute atomic E-state index is 0.367. The van der Waals surface area contributed by atoms with Gasteiger partial charge in [0.05, 0.1) is 24.7 Å². The molecule has 0 radical (unpaired) electrons. The molecule has 0 spiro atoms. The topological polar surface area (TPSA) is 70.1 Å². The number of ether oxygens (including phenoxy) is 1. The fourth-order valence-corrected chi connectivity index (χ4v) is 1.83. The van der Waals surface area contributed by atoms with E-state index in [0.717, 1.165) is 11.4 Å². The number of esters is 1. The lowest BCUT2D eigenvalue weighted by Crippen LogP contribution is -2.07. The largest absolute Gasteiger partial charge is 0.465 e. The van der Waals surface area contributed by atoms with Crippen molar-refractivity contribution in [3.8, 4) is 5.69 Å². The van der Waals surface area contributed by atoms with Crippen LogP contribution in [0, 0.1) is 0 Å². The molecule has 0 saturated heterocycles. The summed E-state index contributed by atoms with van der Waals surface area (Å²) < 4.78 is 6.46. The summed E-state index contributed by atoms with van der Waals surface area (Å²) in [5.41, 5.74) is 8.53. The minimum Gasteiger partial charge on any atom is -0.465 e. The van der Waals surface area contributed by atoms with E-state index in [4.69, 9.17) is 10.5 Å². The number of nitrogens with zero attached hydrogens (tertiary/aromatic N) is 2. The number of hydrogen-bond donors (Lipinski definition) is 1. The van der Waals surface area contributed by atoms with Crippen molar-refractivity contribution in [3.05, 3.63) is 41.7 Å². The summed E-state index contributed by atoms with van der Waals surface area (Å²) >= 11 is 0. The van der Waals surface area contributed by atoms with E-state index in [0.29, 0.717) is 17.7 Å². The van der Waals surface area contributed by atoms with Gasteiger partial charge in [0, 0.05) is 5.69 Å². The molecule has 1 heterocycles. The molecule has 5 heteroatoms. The Balaban J connectivity index is 2.48. The number of carbonyl (C=O) groups is 1. The number of rotatable bonds is 3. The van der Waals surface area contributed by atoms with Crippen molar-refractivity contribution in [2.24, 2.45) is 0 Å². The highest BCUT2D eigenvalue weighted by molar-refractivity contribution is 5.90. The lowest BCUT2D eigenvalue weighted by molar-refractivity contribution is 0.0599. The molecule has 0 atom stereocenters. The lowest BCUT2D eigenvalue weighted by Gasteiger charge is -2.07. The van der Waals surface area contributed by atoms with E-state index >= 15 is 0 Å². The van der Waals surface area contributed by atoms with Gasteiger partial charge in [-0.15, -0.1) is 0 Å². The Labute approximate surface area is 105 Å². The van der Waals surface area contributed by atoms with Gasteiger partial charge in [-0.05, 0) is 30.7 Å². The van der Waals surface area contributed by atoms with Crippen LogP contribution in [0.4, 0.5) is 5.69 Å². The van der Waals surface area contributed by atoms with Crippen molar-refractivity contribution in [3.63, 3.8) is 0 Å². The predicted octanol–water partition coefficient (Wildman–Crippen LogP) is 1.80. The van der Waals surface area contributed by atoms with E-state index in [1.54, 1.807) is 16.8 Å². The second kappa shape index (κ2) is 4.91. The van der Waals surface area contributed by atoms with Crippen LogP contribution in [0.25, 0.3) is 5.69 Å². The van der Waals surface area contributed by atoms with E-state index in [9.17, 15) is 4.79 Å². The first kappa shape index (κ1) is 12.2. The molecular weight excluding hydrogens is 230 g/mol. The number of carbonyl (C=O) groups excluding carboxylic acids is 1. The first-order valence-corrected chi connectivity index (χ1v) is 5.68. The van der Waals surface area contributed by atoms with Crippen molar-refractivity contribution in [1.82, 2.24) is 9.78 Å². The third-order valence-electron chi connectivity index (χ3n) is 2.75. The normalized spacial score (nSPS) is 10.3. The number of nitrogen functional groups attached to an aromatic ring is 1. The zero-order valence-electron chi connectivity index (χ0n) is 10.4. The van der Waals surface area contributed by atoms with E-state index in [1.165, 1.54) is 13.3 Å². The fraction of sp³-hybridized carbons (Fsp3) is 0.231. The molecule has 5 nitrogen and oxygen atoms in total. The average Bonchev–Trinajstić information content (AvgIpc) is 2.82. The molecule has 0 fully saturated rings. The summed E-state index contributed by atoms with van der Waals surface area (Å²) in [6.07, 6.45) is 2.22. The van der Waals surface area contributed by atoms with Crippen LogP contribution >= 0.6 is 0 Å². The second-order valence-corrected chi connectivity index (χ2v) is 3.85. The number of benzene rings is 1. The summed E-state index contributed by atoms with van der Waals surface area (Å²) in [4.78, 5) is 11.6. The molecule has 0 bridgehead atoms. The standard InChI is InChI=1S/C13H15N3O2/c1-3-12-11(13(17)18-2)8-15-16(12)10-6-4-9(14)5-7-10/h4-8H,3,14H2,1-2H3. The Morgan fingerprint density at radius 3 is 2.61 bits per heavy atom. The highest BCUT2D eigenvalue weighted by atomic mass is 16.5. The summed E-state index contributed by atoms with van der Waals surface area (Å²) in [5.74, 6) is -0.367. The predicted molar refractivity (Wildman–Crippen MR) is 68.7 cm³/mol. The summed E-state index contributed by atoms with van der Waals surface area (Å²) in [6.45, 7) is 1.97. The maximum Gasteiger partial charge on any atom is 0.341 e. The number of aromatic nitrogens is 2. The van der Waals surface area contributed by atoms with Crippen LogP contribution in [-0.2, 0) is 11.2 Å². The quantitative estimate of drug-likeness (QED) is 0.661. The van der Waals surface area contributed by atoms with Gasteiger partial charge in [-0.2, -0.15) is 5.10 Å². The Bertz CT molecular complexity index is 558. The molecule has 2 rings (SSSR count). The van der Waals surface area contributed by atoms with Crippen molar-refractivity contribution in [2.75, 3.05) is 12.8 Å². The highest BCUT2D eigenvalue weighted by Crippen LogP contribution is 2.17. The van der Waals surface area contributed by atoms with Gasteiger partial charge in [-0.1, -0.05) is 6.92 Å². The molecule has 18 heavy (non-hydrogen) atoms. The molecule has 1 aromatic carbocycles. The van der Waals surface area contributed by atoms with Gasteiger partial charge in [0.25, 0.3) is 0 Å². The Kier molecular flexibility index (Phi) is 3.32. The van der Waals surface area contributed by atoms with E-state index < -0.39 is 0 Å². The van der Waals surface area contributed by atoms with Crippen LogP contribution in [-0.4, -0.2) is 22.9 Å². The molecule has 2 aromatic rings. The molecular formula is C13H15N3O2. The van der Waals surface area contributed by atoms with E-state index in [-0.39, 0.29) is 5.97 Å². The molecule has 1 aromatic heterocycles. The Morgan fingerprint density at radius 2 is 2.06 bits per heavy atom. The minimum atomic E-state index is -0.367. The van der Waals surface area contributed by atoms with Gasteiger partial charge < -0.3 is 10.5 Å². The molecule has 0 aliphatic carbocycles. The van der Waals surface area contributed by atoms with Crippen LogP contribution < -0.4 is 5.73 Å². The second-order valence-electron chi connectivity index (χ2n) is 3.85. The molecule has 0 aliphatic rings. The first-order chi connectivity index (χ1) is 8.67. The fourth-order valence-electron chi connectivity index (χ4n) is 1.83. The van der Waals surface area contributed by atoms with Gasteiger partial charge in [0.1, 0.15) is 5.56 Å². The lowest BCUT2D eigenvalue weighted by atomic mass is 10.2. The summed E-state index contributed by atoms with van der Waals surface area (Å²) in [6, 6.07) is 7.33. The molecule has 0 amide bonds. The van der Waals surface area contributed by atoms with Crippen LogP contribution in [0.5, 0.6) is 0 Å². The maximum absolute atomic E-state index is 11.6. The summed E-state index contributed by atoms with van der Waals surface area (Å²) in [5, 5.41) is 4.23. The van der Waals surface area contributed by atoms with Gasteiger partial charge in [-0.25, -0.2) is 9.48 Å². The molecule has 0 unspecified atom stereocenters. The molecule has 0 aliphatic heterocycles. The molecule has 2 N–H and O–H groups in total. The van der Waals surface area contributed by atoms with E-state index in [2.05, 4.69) is 5.10 Å². The van der Waals surface area contributed by atoms with Crippen molar-refractivity contribution in [2.45, 2.75) is 13.3 Å². The van der Waals surface area contributed by atoms with Crippen LogP contribution in [0.2, 0.25) is 0 Å². The first-order valence-electron chi connectivity index (χ1n) is 5.68. The third kappa shape index (κ3) is 2.07. The van der Waals surface area contributed by atoms with Gasteiger partial charge >= 0.3 is 5.97 Å². The van der Waals surface area contributed by atoms with Gasteiger partial charge in [0.15, 0.2) is 0 Å². The van der Waals surface area contributed by atoms with Crippen LogP contribution in [0.1, 0.15) is 23.0 Å². The monoisotopic (exact) mass is 245 g/mol. The number of methoxy groups -OCH3 is 1. The number of hydrogen-bond acceptors (Lipinski definition) is 4. The third-order valence-corrected chi connectivity index (χ3v) is 2.75. The average molecular weight is 245 g/mol. The Morgan fingerprint density at radius 1 is 1.39 bits per heavy atom. The number of nitrogens with two attached hydrogens (primary N) is 1.